The van der Waals surface area contributed by atoms with Gasteiger partial charge in [0.05, 0.1) is 22.2 Å². The molecule has 14 rings (SSSR count). The molecule has 0 amide bonds. The van der Waals surface area contributed by atoms with Crippen molar-refractivity contribution >= 4 is 17.1 Å². The monoisotopic (exact) mass is 875 g/mol. The van der Waals surface area contributed by atoms with Crippen LogP contribution in [0.15, 0.2) is 273 Å². The lowest BCUT2D eigenvalue weighted by Gasteiger charge is -2.37. The molecular weight excluding hydrogens is 831 g/mol. The van der Waals surface area contributed by atoms with Gasteiger partial charge in [-0.3, -0.25) is 0 Å². The van der Waals surface area contributed by atoms with Gasteiger partial charge in [0.25, 0.3) is 0 Å². The molecule has 0 N–H and O–H groups in total. The predicted octanol–water partition coefficient (Wildman–Crippen LogP) is 17.2. The van der Waals surface area contributed by atoms with Crippen LogP contribution in [0, 0.1) is 0 Å². The van der Waals surface area contributed by atoms with Crippen molar-refractivity contribution in [3.05, 3.63) is 317 Å². The van der Waals surface area contributed by atoms with Crippen molar-refractivity contribution in [1.29, 1.82) is 0 Å². The van der Waals surface area contributed by atoms with Crippen molar-refractivity contribution in [2.24, 2.45) is 0 Å². The molecule has 0 bridgehead atoms. The maximum atomic E-state index is 2.60. The molecule has 1 nitrogen and oxygen atoms in total. The SMILES string of the molecule is c1ccc(-c2ccc(-c3ccc(N(c4cccc5c4-c4ccccc4C5(c4ccccc4)c4ccccc4)c4cccc5c4C4(c6ccccc6-c6ccccc64)c4ccccc4-5)cc3)cc2)cc1. The van der Waals surface area contributed by atoms with Crippen molar-refractivity contribution in [1.82, 2.24) is 0 Å². The van der Waals surface area contributed by atoms with Crippen LogP contribution in [-0.4, -0.2) is 0 Å². The molecule has 69 heavy (non-hydrogen) atoms. The van der Waals surface area contributed by atoms with E-state index < -0.39 is 10.8 Å². The van der Waals surface area contributed by atoms with Gasteiger partial charge < -0.3 is 4.90 Å². The van der Waals surface area contributed by atoms with Crippen LogP contribution < -0.4 is 4.90 Å². The molecule has 0 radical (unpaired) electrons. The lowest BCUT2D eigenvalue weighted by molar-refractivity contribution is 0.768. The van der Waals surface area contributed by atoms with Gasteiger partial charge >= 0.3 is 0 Å². The predicted molar refractivity (Wildman–Crippen MR) is 286 cm³/mol. The summed E-state index contributed by atoms with van der Waals surface area (Å²) in [4.78, 5) is 2.60. The van der Waals surface area contributed by atoms with Crippen LogP contribution in [0.1, 0.15) is 44.5 Å². The molecule has 11 aromatic carbocycles. The summed E-state index contributed by atoms with van der Waals surface area (Å²) in [7, 11) is 0. The van der Waals surface area contributed by atoms with Crippen molar-refractivity contribution in [2.75, 3.05) is 4.90 Å². The normalized spacial score (nSPS) is 13.7. The molecule has 3 aliphatic rings. The van der Waals surface area contributed by atoms with Gasteiger partial charge in [-0.15, -0.1) is 0 Å². The Morgan fingerprint density at radius 3 is 1.13 bits per heavy atom. The highest BCUT2D eigenvalue weighted by Gasteiger charge is 2.54. The molecule has 0 unspecified atom stereocenters. The average molecular weight is 876 g/mol. The molecule has 11 aromatic rings. The summed E-state index contributed by atoms with van der Waals surface area (Å²) >= 11 is 0. The van der Waals surface area contributed by atoms with Crippen LogP contribution in [0.2, 0.25) is 0 Å². The molecule has 3 aliphatic carbocycles. The number of hydrogen-bond donors (Lipinski definition) is 0. The molecule has 322 valence electrons. The summed E-state index contributed by atoms with van der Waals surface area (Å²) < 4.78 is 0. The Kier molecular flexibility index (Phi) is 8.78. The minimum absolute atomic E-state index is 0.550. The first-order chi connectivity index (χ1) is 34.3. The largest absolute Gasteiger partial charge is 0.310 e. The van der Waals surface area contributed by atoms with Crippen molar-refractivity contribution in [2.45, 2.75) is 10.8 Å². The van der Waals surface area contributed by atoms with Crippen LogP contribution in [0.25, 0.3) is 55.6 Å². The van der Waals surface area contributed by atoms with Gasteiger partial charge in [0.1, 0.15) is 0 Å². The maximum absolute atomic E-state index is 2.60. The van der Waals surface area contributed by atoms with E-state index >= 15 is 0 Å². The van der Waals surface area contributed by atoms with E-state index in [4.69, 9.17) is 0 Å². The van der Waals surface area contributed by atoms with Crippen molar-refractivity contribution in [3.63, 3.8) is 0 Å². The Labute approximate surface area is 403 Å². The fourth-order valence-corrected chi connectivity index (χ4v) is 12.7. The van der Waals surface area contributed by atoms with Crippen molar-refractivity contribution < 1.29 is 0 Å². The summed E-state index contributed by atoms with van der Waals surface area (Å²) in [5.41, 5.74) is 25.1. The van der Waals surface area contributed by atoms with Gasteiger partial charge in [0.15, 0.2) is 0 Å². The second-order valence-corrected chi connectivity index (χ2v) is 18.6. The van der Waals surface area contributed by atoms with Crippen molar-refractivity contribution in [3.8, 4) is 55.6 Å². The Balaban J connectivity index is 1.06. The lowest BCUT2D eigenvalue weighted by atomic mass is 9.67. The molecule has 0 atom stereocenters. The zero-order chi connectivity index (χ0) is 45.5. The number of hydrogen-bond acceptors (Lipinski definition) is 1. The third-order valence-electron chi connectivity index (χ3n) is 15.4. The summed E-state index contributed by atoms with van der Waals surface area (Å²) in [6.07, 6.45) is 0. The Morgan fingerprint density at radius 1 is 0.232 bits per heavy atom. The second-order valence-electron chi connectivity index (χ2n) is 18.6. The smallest absolute Gasteiger partial charge is 0.0746 e. The molecular formula is C68H45N. The number of anilines is 3. The van der Waals surface area contributed by atoms with Gasteiger partial charge in [0.2, 0.25) is 0 Å². The van der Waals surface area contributed by atoms with E-state index in [1.165, 1.54) is 100 Å². The molecule has 0 saturated heterocycles. The fourth-order valence-electron chi connectivity index (χ4n) is 12.7. The van der Waals surface area contributed by atoms with Crippen LogP contribution in [0.5, 0.6) is 0 Å². The zero-order valence-electron chi connectivity index (χ0n) is 37.9. The number of benzene rings is 11. The molecule has 0 saturated carbocycles. The average Bonchev–Trinajstić information content (AvgIpc) is 4.03. The standard InChI is InChI=1S/C68H45N/c1-4-20-46(21-5-1)47-38-40-48(41-39-47)49-42-44-52(45-43-49)69(63-36-19-35-62-65(63)57-29-13-17-34-61(57)67(62,50-22-6-2-7-23-50)51-24-8-3-9-25-51)64-37-18-30-56-55-28-12-16-33-60(55)68(66(56)64)58-31-14-10-26-53(58)54-27-11-15-32-59(54)68/h1-45H. The molecule has 1 spiro atoms. The first-order valence-corrected chi connectivity index (χ1v) is 24.1. The maximum Gasteiger partial charge on any atom is 0.0746 e. The van der Waals surface area contributed by atoms with E-state index in [0.717, 1.165) is 17.1 Å². The zero-order valence-corrected chi connectivity index (χ0v) is 37.9. The Bertz CT molecular complexity index is 3650. The summed E-state index contributed by atoms with van der Waals surface area (Å²) in [5.74, 6) is 0. The van der Waals surface area contributed by atoms with Crippen LogP contribution in [-0.2, 0) is 10.8 Å². The third kappa shape index (κ3) is 5.53. The van der Waals surface area contributed by atoms with Crippen LogP contribution in [0.3, 0.4) is 0 Å². The number of rotatable bonds is 7. The first-order valence-electron chi connectivity index (χ1n) is 24.1. The molecule has 1 heteroatoms. The van der Waals surface area contributed by atoms with Crippen LogP contribution >= 0.6 is 0 Å². The third-order valence-corrected chi connectivity index (χ3v) is 15.4. The Hall–Kier alpha value is -8.78. The van der Waals surface area contributed by atoms with Crippen LogP contribution in [0.4, 0.5) is 17.1 Å². The summed E-state index contributed by atoms with van der Waals surface area (Å²) in [5, 5.41) is 0. The quantitative estimate of drug-likeness (QED) is 0.154. The number of fused-ring (bicyclic) bond motifs is 13. The second kappa shape index (κ2) is 15.4. The molecule has 0 aromatic heterocycles. The van der Waals surface area contributed by atoms with E-state index in [2.05, 4.69) is 278 Å². The van der Waals surface area contributed by atoms with Gasteiger partial charge in [-0.1, -0.05) is 249 Å². The van der Waals surface area contributed by atoms with E-state index in [1.54, 1.807) is 0 Å². The van der Waals surface area contributed by atoms with Gasteiger partial charge in [-0.05, 0) is 113 Å². The number of nitrogens with zero attached hydrogens (tertiary/aromatic N) is 1. The van der Waals surface area contributed by atoms with Gasteiger partial charge in [-0.25, -0.2) is 0 Å². The van der Waals surface area contributed by atoms with Gasteiger partial charge in [0, 0.05) is 16.8 Å². The topological polar surface area (TPSA) is 3.24 Å². The van der Waals surface area contributed by atoms with Gasteiger partial charge in [-0.2, -0.15) is 0 Å². The minimum atomic E-state index is -0.553. The van der Waals surface area contributed by atoms with E-state index in [0.29, 0.717) is 0 Å². The summed E-state index contributed by atoms with van der Waals surface area (Å²) in [6, 6.07) is 102. The van der Waals surface area contributed by atoms with E-state index in [9.17, 15) is 0 Å². The lowest BCUT2D eigenvalue weighted by Crippen LogP contribution is -2.29. The van der Waals surface area contributed by atoms with E-state index in [1.807, 2.05) is 0 Å². The molecule has 0 aliphatic heterocycles. The molecule has 0 heterocycles. The van der Waals surface area contributed by atoms with E-state index in [-0.39, 0.29) is 0 Å². The highest BCUT2D eigenvalue weighted by molar-refractivity contribution is 6.03. The highest BCUT2D eigenvalue weighted by Crippen LogP contribution is 2.66. The summed E-state index contributed by atoms with van der Waals surface area (Å²) in [6.45, 7) is 0. The Morgan fingerprint density at radius 2 is 0.594 bits per heavy atom. The highest BCUT2D eigenvalue weighted by atomic mass is 15.2. The first kappa shape index (κ1) is 39.4. The fraction of sp³-hybridized carbons (Fsp3) is 0.0294. The molecule has 0 fully saturated rings. The minimum Gasteiger partial charge on any atom is -0.310 e.